The molecule has 132 valence electrons. The smallest absolute Gasteiger partial charge is 0.234 e. The van der Waals surface area contributed by atoms with Crippen molar-refractivity contribution in [2.45, 2.75) is 46.4 Å². The quantitative estimate of drug-likeness (QED) is 0.798. The van der Waals surface area contributed by atoms with Gasteiger partial charge in [0.15, 0.2) is 10.6 Å². The first-order valence-corrected chi connectivity index (χ1v) is 9.21. The van der Waals surface area contributed by atoms with Crippen LogP contribution in [0, 0.1) is 4.77 Å². The van der Waals surface area contributed by atoms with Crippen LogP contribution in [-0.2, 0) is 18.0 Å². The molecule has 6 nitrogen and oxygen atoms in total. The molecule has 0 radical (unpaired) electrons. The molecule has 2 heterocycles. The lowest BCUT2D eigenvalue weighted by Crippen LogP contribution is -2.45. The van der Waals surface area contributed by atoms with Crippen LogP contribution in [0.1, 0.15) is 27.7 Å². The van der Waals surface area contributed by atoms with Crippen LogP contribution in [0.25, 0.3) is 10.7 Å². The minimum Gasteiger partial charge on any atom is -0.350 e. The van der Waals surface area contributed by atoms with Crippen molar-refractivity contribution in [1.82, 2.24) is 24.6 Å². The standard InChI is InChI=1S/C16H25N5OS2/c1-6-20-14(12-8-7-9-24-12)18-21(15(20)23)11-19(5)10-13(22)17-16(2,3)4/h7-9H,6,10-11H2,1-5H3,(H,17,22). The Labute approximate surface area is 152 Å². The van der Waals surface area contributed by atoms with Gasteiger partial charge in [-0.1, -0.05) is 6.07 Å². The topological polar surface area (TPSA) is 55.1 Å². The summed E-state index contributed by atoms with van der Waals surface area (Å²) in [5, 5.41) is 9.65. The highest BCUT2D eigenvalue weighted by molar-refractivity contribution is 7.71. The number of aromatic nitrogens is 3. The van der Waals surface area contributed by atoms with Gasteiger partial charge in [0.25, 0.3) is 0 Å². The van der Waals surface area contributed by atoms with Crippen molar-refractivity contribution in [1.29, 1.82) is 0 Å². The average molecular weight is 368 g/mol. The number of hydrogen-bond acceptors (Lipinski definition) is 5. The van der Waals surface area contributed by atoms with Crippen LogP contribution in [0.4, 0.5) is 0 Å². The normalized spacial score (nSPS) is 11.9. The van der Waals surface area contributed by atoms with Crippen LogP contribution in [0.15, 0.2) is 17.5 Å². The Bertz CT molecular complexity index is 740. The number of nitrogens with zero attached hydrogens (tertiary/aromatic N) is 4. The van der Waals surface area contributed by atoms with Crippen molar-refractivity contribution in [2.75, 3.05) is 13.6 Å². The Hall–Kier alpha value is -1.51. The molecular weight excluding hydrogens is 342 g/mol. The van der Waals surface area contributed by atoms with Crippen molar-refractivity contribution in [3.63, 3.8) is 0 Å². The van der Waals surface area contributed by atoms with Crippen molar-refractivity contribution in [2.24, 2.45) is 0 Å². The summed E-state index contributed by atoms with van der Waals surface area (Å²) < 4.78 is 4.46. The lowest BCUT2D eigenvalue weighted by Gasteiger charge is -2.23. The summed E-state index contributed by atoms with van der Waals surface area (Å²) in [7, 11) is 1.89. The summed E-state index contributed by atoms with van der Waals surface area (Å²) in [4.78, 5) is 15.0. The van der Waals surface area contributed by atoms with Gasteiger partial charge in [-0.25, -0.2) is 4.68 Å². The second-order valence-electron chi connectivity index (χ2n) is 6.78. The number of rotatable bonds is 6. The molecule has 8 heteroatoms. The highest BCUT2D eigenvalue weighted by Gasteiger charge is 2.17. The summed E-state index contributed by atoms with van der Waals surface area (Å²) in [5.41, 5.74) is -0.232. The first-order valence-electron chi connectivity index (χ1n) is 7.92. The fourth-order valence-corrected chi connectivity index (χ4v) is 3.42. The molecule has 2 aromatic heterocycles. The van der Waals surface area contributed by atoms with E-state index >= 15 is 0 Å². The lowest BCUT2D eigenvalue weighted by atomic mass is 10.1. The van der Waals surface area contributed by atoms with Gasteiger partial charge in [-0.15, -0.1) is 16.4 Å². The second-order valence-corrected chi connectivity index (χ2v) is 8.09. The molecule has 24 heavy (non-hydrogen) atoms. The van der Waals surface area contributed by atoms with Gasteiger partial charge in [0.05, 0.1) is 18.1 Å². The van der Waals surface area contributed by atoms with E-state index < -0.39 is 0 Å². The van der Waals surface area contributed by atoms with Gasteiger partial charge in [-0.2, -0.15) is 0 Å². The number of likely N-dealkylation sites (N-methyl/N-ethyl adjacent to an activating group) is 1. The van der Waals surface area contributed by atoms with E-state index in [0.717, 1.165) is 17.2 Å². The Morgan fingerprint density at radius 2 is 2.17 bits per heavy atom. The number of carbonyl (C=O) groups excluding carboxylic acids is 1. The molecule has 0 atom stereocenters. The molecule has 0 saturated heterocycles. The Kier molecular flexibility index (Phi) is 5.95. The van der Waals surface area contributed by atoms with E-state index in [9.17, 15) is 4.79 Å². The molecule has 0 unspecified atom stereocenters. The van der Waals surface area contributed by atoms with Crippen molar-refractivity contribution in [3.8, 4) is 10.7 Å². The molecule has 0 saturated carbocycles. The van der Waals surface area contributed by atoms with Crippen LogP contribution in [-0.4, -0.2) is 44.3 Å². The fraction of sp³-hybridized carbons (Fsp3) is 0.562. The molecule has 0 aliphatic rings. The summed E-state index contributed by atoms with van der Waals surface area (Å²) >= 11 is 7.19. The molecular formula is C16H25N5OS2. The number of hydrogen-bond donors (Lipinski definition) is 1. The van der Waals surface area contributed by atoms with Crippen molar-refractivity contribution >= 4 is 29.5 Å². The highest BCUT2D eigenvalue weighted by atomic mass is 32.1. The van der Waals surface area contributed by atoms with E-state index in [-0.39, 0.29) is 11.4 Å². The summed E-state index contributed by atoms with van der Waals surface area (Å²) in [5.74, 6) is 0.870. The number of nitrogens with one attached hydrogen (secondary N) is 1. The summed E-state index contributed by atoms with van der Waals surface area (Å²) in [6, 6.07) is 4.05. The maximum atomic E-state index is 12.0. The third-order valence-corrected chi connectivity index (χ3v) is 4.58. The monoisotopic (exact) mass is 367 g/mol. The Morgan fingerprint density at radius 1 is 1.46 bits per heavy atom. The van der Waals surface area contributed by atoms with Gasteiger partial charge in [-0.05, 0) is 58.4 Å². The first-order chi connectivity index (χ1) is 11.2. The maximum Gasteiger partial charge on any atom is 0.234 e. The van der Waals surface area contributed by atoms with Crippen LogP contribution in [0.5, 0.6) is 0 Å². The van der Waals surface area contributed by atoms with Gasteiger partial charge < -0.3 is 5.32 Å². The fourth-order valence-electron chi connectivity index (χ4n) is 2.39. The number of amides is 1. The van der Waals surface area contributed by atoms with E-state index in [2.05, 4.69) is 17.3 Å². The number of carbonyl (C=O) groups is 1. The van der Waals surface area contributed by atoms with Crippen LogP contribution < -0.4 is 5.32 Å². The molecule has 0 aliphatic heterocycles. The van der Waals surface area contributed by atoms with Crippen LogP contribution in [0.3, 0.4) is 0 Å². The van der Waals surface area contributed by atoms with Crippen molar-refractivity contribution < 1.29 is 4.79 Å². The molecule has 0 fully saturated rings. The Balaban J connectivity index is 2.13. The van der Waals surface area contributed by atoms with Gasteiger partial charge >= 0.3 is 0 Å². The van der Waals surface area contributed by atoms with Crippen molar-refractivity contribution in [3.05, 3.63) is 22.3 Å². The zero-order chi connectivity index (χ0) is 17.9. The minimum atomic E-state index is -0.232. The van der Waals surface area contributed by atoms with E-state index in [1.807, 2.05) is 54.8 Å². The van der Waals surface area contributed by atoms with Gasteiger partial charge in [0.1, 0.15) is 0 Å². The third-order valence-electron chi connectivity index (χ3n) is 3.28. The highest BCUT2D eigenvalue weighted by Crippen LogP contribution is 2.23. The molecule has 2 rings (SSSR count). The molecule has 0 spiro atoms. The first kappa shape index (κ1) is 18.8. The SMILES string of the molecule is CCn1c(-c2cccs2)nn(CN(C)CC(=O)NC(C)(C)C)c1=S. The predicted molar refractivity (Wildman–Crippen MR) is 101 cm³/mol. The largest absolute Gasteiger partial charge is 0.350 e. The molecule has 1 amide bonds. The molecule has 0 bridgehead atoms. The zero-order valence-electron chi connectivity index (χ0n) is 14.9. The lowest BCUT2D eigenvalue weighted by molar-refractivity contribution is -0.123. The van der Waals surface area contributed by atoms with Gasteiger partial charge in [-0.3, -0.25) is 14.3 Å². The summed E-state index contributed by atoms with van der Waals surface area (Å²) in [6.07, 6.45) is 0. The predicted octanol–water partition coefficient (Wildman–Crippen LogP) is 2.97. The second kappa shape index (κ2) is 7.58. The average Bonchev–Trinajstić information content (AvgIpc) is 3.05. The van der Waals surface area contributed by atoms with Gasteiger partial charge in [0, 0.05) is 12.1 Å². The van der Waals surface area contributed by atoms with Crippen LogP contribution >= 0.6 is 23.6 Å². The van der Waals surface area contributed by atoms with E-state index in [1.54, 1.807) is 16.0 Å². The molecule has 0 aliphatic carbocycles. The molecule has 0 aromatic carbocycles. The molecule has 2 aromatic rings. The zero-order valence-corrected chi connectivity index (χ0v) is 16.5. The Morgan fingerprint density at radius 3 is 2.71 bits per heavy atom. The maximum absolute atomic E-state index is 12.0. The van der Waals surface area contributed by atoms with E-state index in [0.29, 0.717) is 18.0 Å². The molecule has 1 N–H and O–H groups in total. The minimum absolute atomic E-state index is 0.00933. The van der Waals surface area contributed by atoms with Crippen LogP contribution in [0.2, 0.25) is 0 Å². The summed E-state index contributed by atoms with van der Waals surface area (Å²) in [6.45, 7) is 9.50. The van der Waals surface area contributed by atoms with E-state index in [1.165, 1.54) is 0 Å². The van der Waals surface area contributed by atoms with E-state index in [4.69, 9.17) is 12.2 Å². The van der Waals surface area contributed by atoms with Gasteiger partial charge in [0.2, 0.25) is 5.91 Å². The number of thiophene rings is 1. The third kappa shape index (κ3) is 4.75.